The molecule has 0 radical (unpaired) electrons. The largest absolute Gasteiger partial charge is 0.486 e. The molecule has 172 valence electrons. The third kappa shape index (κ3) is 5.13. The van der Waals surface area contributed by atoms with Gasteiger partial charge >= 0.3 is 5.97 Å². The van der Waals surface area contributed by atoms with E-state index < -0.39 is 5.97 Å². The van der Waals surface area contributed by atoms with Crippen LogP contribution in [0.25, 0.3) is 11.3 Å². The summed E-state index contributed by atoms with van der Waals surface area (Å²) in [6.07, 6.45) is 4.18. The molecule has 3 aromatic rings. The van der Waals surface area contributed by atoms with Gasteiger partial charge in [-0.3, -0.25) is 9.89 Å². The minimum Gasteiger partial charge on any atom is -0.486 e. The third-order valence-corrected chi connectivity index (χ3v) is 6.54. The molecule has 2 heterocycles. The van der Waals surface area contributed by atoms with Crippen LogP contribution in [0.4, 0.5) is 0 Å². The Kier molecular flexibility index (Phi) is 6.19. The Hall–Kier alpha value is -3.48. The van der Waals surface area contributed by atoms with Crippen molar-refractivity contribution < 1.29 is 24.1 Å². The number of hydrogen-bond acceptors (Lipinski definition) is 5. The summed E-state index contributed by atoms with van der Waals surface area (Å²) in [5.41, 5.74) is 3.26. The summed E-state index contributed by atoms with van der Waals surface area (Å²) in [6.45, 7) is 0.788. The SMILES string of the molecule is O=C(O)CC1CCC(c2ccc(-c3cc(OCC4COc5ccccc5O4)n[nH]3)cc2)CC1. The number of aromatic nitrogens is 2. The first-order chi connectivity index (χ1) is 16.1. The molecule has 0 saturated heterocycles. The third-order valence-electron chi connectivity index (χ3n) is 6.54. The quantitative estimate of drug-likeness (QED) is 0.526. The summed E-state index contributed by atoms with van der Waals surface area (Å²) in [6, 6.07) is 18.1. The molecule has 33 heavy (non-hydrogen) atoms. The van der Waals surface area contributed by atoms with Gasteiger partial charge in [0.15, 0.2) is 17.6 Å². The Labute approximate surface area is 192 Å². The van der Waals surface area contributed by atoms with Gasteiger partial charge in [-0.05, 0) is 60.8 Å². The number of rotatable bonds is 7. The zero-order chi connectivity index (χ0) is 22.6. The average molecular weight is 449 g/mol. The van der Waals surface area contributed by atoms with Crippen LogP contribution in [0.15, 0.2) is 54.6 Å². The highest BCUT2D eigenvalue weighted by Crippen LogP contribution is 2.37. The first-order valence-electron chi connectivity index (χ1n) is 11.5. The van der Waals surface area contributed by atoms with Crippen LogP contribution in [0.5, 0.6) is 17.4 Å². The molecule has 1 atom stereocenters. The number of aromatic amines is 1. The van der Waals surface area contributed by atoms with Gasteiger partial charge in [-0.15, -0.1) is 5.10 Å². The molecule has 2 N–H and O–H groups in total. The van der Waals surface area contributed by atoms with Gasteiger partial charge in [0, 0.05) is 12.5 Å². The van der Waals surface area contributed by atoms with Crippen LogP contribution in [0, 0.1) is 5.92 Å². The summed E-state index contributed by atoms with van der Waals surface area (Å²) >= 11 is 0. The van der Waals surface area contributed by atoms with Gasteiger partial charge in [-0.2, -0.15) is 0 Å². The van der Waals surface area contributed by atoms with Crippen molar-refractivity contribution in [2.45, 2.75) is 44.1 Å². The second kappa shape index (κ2) is 9.57. The zero-order valence-corrected chi connectivity index (χ0v) is 18.4. The van der Waals surface area contributed by atoms with Crippen molar-refractivity contribution in [3.8, 4) is 28.6 Å². The van der Waals surface area contributed by atoms with E-state index in [0.717, 1.165) is 48.4 Å². The number of aliphatic carboxylic acids is 1. The van der Waals surface area contributed by atoms with Gasteiger partial charge in [-0.25, -0.2) is 0 Å². The second-order valence-electron chi connectivity index (χ2n) is 8.87. The van der Waals surface area contributed by atoms with Crippen LogP contribution in [0.3, 0.4) is 0 Å². The first-order valence-corrected chi connectivity index (χ1v) is 11.5. The summed E-state index contributed by atoms with van der Waals surface area (Å²) in [7, 11) is 0. The molecule has 2 aliphatic rings. The number of carboxylic acid groups (broad SMARTS) is 1. The van der Waals surface area contributed by atoms with E-state index in [4.69, 9.17) is 19.3 Å². The molecule has 0 amide bonds. The van der Waals surface area contributed by atoms with Crippen LogP contribution < -0.4 is 14.2 Å². The molecule has 5 rings (SSSR count). The van der Waals surface area contributed by atoms with E-state index in [9.17, 15) is 4.79 Å². The Morgan fingerprint density at radius 2 is 1.82 bits per heavy atom. The van der Waals surface area contributed by atoms with Crippen LogP contribution in [0.1, 0.15) is 43.6 Å². The van der Waals surface area contributed by atoms with E-state index in [1.165, 1.54) is 5.56 Å². The molecule has 0 bridgehead atoms. The molecule has 1 saturated carbocycles. The van der Waals surface area contributed by atoms with Gasteiger partial charge < -0.3 is 19.3 Å². The number of carbonyl (C=O) groups is 1. The van der Waals surface area contributed by atoms with E-state index in [2.05, 4.69) is 34.5 Å². The number of carboxylic acids is 1. The van der Waals surface area contributed by atoms with Crippen molar-refractivity contribution in [3.05, 3.63) is 60.2 Å². The second-order valence-corrected chi connectivity index (χ2v) is 8.87. The van der Waals surface area contributed by atoms with Gasteiger partial charge in [0.25, 0.3) is 0 Å². The zero-order valence-electron chi connectivity index (χ0n) is 18.4. The molecule has 1 fully saturated rings. The fraction of sp³-hybridized carbons (Fsp3) is 0.385. The van der Waals surface area contributed by atoms with Crippen molar-refractivity contribution in [2.24, 2.45) is 5.92 Å². The standard InChI is InChI=1S/C26H28N2O5/c29-26(30)13-17-5-7-18(8-6-17)19-9-11-20(12-10-19)22-14-25(28-27-22)32-16-21-15-31-23-3-1-2-4-24(23)33-21/h1-4,9-12,14,17-18,21H,5-8,13,15-16H2,(H,27,28)(H,29,30). The van der Waals surface area contributed by atoms with Crippen molar-refractivity contribution in [2.75, 3.05) is 13.2 Å². The number of ether oxygens (including phenoxy) is 3. The van der Waals surface area contributed by atoms with E-state index in [1.54, 1.807) is 0 Å². The predicted octanol–water partition coefficient (Wildman–Crippen LogP) is 5.04. The molecule has 1 aliphatic carbocycles. The Balaban J connectivity index is 1.14. The highest BCUT2D eigenvalue weighted by molar-refractivity contribution is 5.67. The number of H-pyrrole nitrogens is 1. The minimum atomic E-state index is -0.685. The smallest absolute Gasteiger partial charge is 0.303 e. The molecular formula is C26H28N2O5. The molecular weight excluding hydrogens is 420 g/mol. The first kappa shape index (κ1) is 21.4. The molecule has 1 unspecified atom stereocenters. The van der Waals surface area contributed by atoms with Gasteiger partial charge in [-0.1, -0.05) is 36.4 Å². The van der Waals surface area contributed by atoms with Crippen LogP contribution in [0.2, 0.25) is 0 Å². The summed E-state index contributed by atoms with van der Waals surface area (Å²) in [5.74, 6) is 2.15. The Morgan fingerprint density at radius 3 is 2.58 bits per heavy atom. The van der Waals surface area contributed by atoms with Gasteiger partial charge in [0.1, 0.15) is 13.2 Å². The van der Waals surface area contributed by atoms with E-state index in [0.29, 0.717) is 37.4 Å². The maximum Gasteiger partial charge on any atom is 0.303 e. The summed E-state index contributed by atoms with van der Waals surface area (Å²) in [4.78, 5) is 10.9. The number of benzene rings is 2. The number of hydrogen-bond donors (Lipinski definition) is 2. The highest BCUT2D eigenvalue weighted by Gasteiger charge is 2.24. The van der Waals surface area contributed by atoms with Crippen LogP contribution >= 0.6 is 0 Å². The Morgan fingerprint density at radius 1 is 1.06 bits per heavy atom. The number of nitrogens with zero attached hydrogens (tertiary/aromatic N) is 1. The van der Waals surface area contributed by atoms with Crippen LogP contribution in [-0.2, 0) is 4.79 Å². The maximum atomic E-state index is 10.9. The highest BCUT2D eigenvalue weighted by atomic mass is 16.6. The normalized spacial score (nSPS) is 22.0. The van der Waals surface area contributed by atoms with Gasteiger partial charge in [0.05, 0.1) is 5.69 Å². The van der Waals surface area contributed by atoms with Crippen molar-refractivity contribution in [3.63, 3.8) is 0 Å². The predicted molar refractivity (Wildman–Crippen MR) is 123 cm³/mol. The summed E-state index contributed by atoms with van der Waals surface area (Å²) in [5, 5.41) is 16.3. The van der Waals surface area contributed by atoms with E-state index in [1.807, 2.05) is 30.3 Å². The number of fused-ring (bicyclic) bond motifs is 1. The maximum absolute atomic E-state index is 10.9. The summed E-state index contributed by atoms with van der Waals surface area (Å²) < 4.78 is 17.5. The molecule has 1 aliphatic heterocycles. The average Bonchev–Trinajstić information content (AvgIpc) is 3.32. The molecule has 7 nitrogen and oxygen atoms in total. The van der Waals surface area contributed by atoms with E-state index in [-0.39, 0.29) is 6.10 Å². The van der Waals surface area contributed by atoms with Crippen molar-refractivity contribution in [1.82, 2.24) is 10.2 Å². The number of nitrogens with one attached hydrogen (secondary N) is 1. The van der Waals surface area contributed by atoms with Crippen molar-refractivity contribution in [1.29, 1.82) is 0 Å². The monoisotopic (exact) mass is 448 g/mol. The topological polar surface area (TPSA) is 93.7 Å². The van der Waals surface area contributed by atoms with Crippen molar-refractivity contribution >= 4 is 5.97 Å². The van der Waals surface area contributed by atoms with Crippen LogP contribution in [-0.4, -0.2) is 40.6 Å². The van der Waals surface area contributed by atoms with E-state index >= 15 is 0 Å². The fourth-order valence-corrected chi connectivity index (χ4v) is 4.73. The Bertz CT molecular complexity index is 1090. The number of para-hydroxylation sites is 2. The molecule has 2 aromatic carbocycles. The lowest BCUT2D eigenvalue weighted by Crippen LogP contribution is -2.34. The lowest BCUT2D eigenvalue weighted by molar-refractivity contribution is -0.138. The molecule has 1 aromatic heterocycles. The molecule has 0 spiro atoms. The minimum absolute atomic E-state index is 0.190. The lowest BCUT2D eigenvalue weighted by atomic mass is 9.77. The lowest BCUT2D eigenvalue weighted by Gasteiger charge is -2.28. The molecule has 7 heteroatoms. The van der Waals surface area contributed by atoms with Gasteiger partial charge in [0.2, 0.25) is 5.88 Å². The fourth-order valence-electron chi connectivity index (χ4n) is 4.73.